The fraction of sp³-hybridized carbons (Fsp3) is 0.333. The van der Waals surface area contributed by atoms with Gasteiger partial charge in [0.1, 0.15) is 0 Å². The predicted octanol–water partition coefficient (Wildman–Crippen LogP) is 4.30. The third kappa shape index (κ3) is 4.34. The second kappa shape index (κ2) is 6.53. The van der Waals surface area contributed by atoms with Crippen molar-refractivity contribution < 1.29 is 8.42 Å². The molecule has 0 unspecified atom stereocenters. The van der Waals surface area contributed by atoms with E-state index in [1.54, 1.807) is 12.1 Å². The molecule has 0 spiro atoms. The number of hydrogen-bond donors (Lipinski definition) is 1. The SMILES string of the molecule is Cc1cc(C)cc(NS(=O)(=O)c2ccc(CC(C)C)cc2)c1. The maximum absolute atomic E-state index is 12.4. The fourth-order valence-electron chi connectivity index (χ4n) is 2.52. The van der Waals surface area contributed by atoms with Gasteiger partial charge in [-0.25, -0.2) is 8.42 Å². The molecular weight excluding hydrogens is 294 g/mol. The minimum atomic E-state index is -3.54. The van der Waals surface area contributed by atoms with E-state index in [-0.39, 0.29) is 0 Å². The Labute approximate surface area is 133 Å². The number of anilines is 1. The molecule has 1 N–H and O–H groups in total. The van der Waals surface area contributed by atoms with Crippen molar-refractivity contribution in [1.82, 2.24) is 0 Å². The summed E-state index contributed by atoms with van der Waals surface area (Å²) in [6, 6.07) is 12.8. The summed E-state index contributed by atoms with van der Waals surface area (Å²) in [6.45, 7) is 8.19. The van der Waals surface area contributed by atoms with E-state index in [9.17, 15) is 8.42 Å². The molecular formula is C18H23NO2S. The Bertz CT molecular complexity index is 727. The number of aryl methyl sites for hydroxylation is 2. The molecule has 22 heavy (non-hydrogen) atoms. The lowest BCUT2D eigenvalue weighted by Crippen LogP contribution is -2.13. The maximum atomic E-state index is 12.4. The van der Waals surface area contributed by atoms with E-state index in [2.05, 4.69) is 18.6 Å². The zero-order valence-corrected chi connectivity index (χ0v) is 14.4. The second-order valence-electron chi connectivity index (χ2n) is 6.22. The van der Waals surface area contributed by atoms with Gasteiger partial charge in [0.15, 0.2) is 0 Å². The zero-order valence-electron chi connectivity index (χ0n) is 13.6. The average Bonchev–Trinajstić information content (AvgIpc) is 2.36. The van der Waals surface area contributed by atoms with E-state index in [4.69, 9.17) is 0 Å². The van der Waals surface area contributed by atoms with Crippen molar-refractivity contribution in [2.45, 2.75) is 39.0 Å². The summed E-state index contributed by atoms with van der Waals surface area (Å²) < 4.78 is 27.5. The topological polar surface area (TPSA) is 46.2 Å². The molecule has 0 aliphatic rings. The van der Waals surface area contributed by atoms with Crippen molar-refractivity contribution in [3.05, 3.63) is 59.2 Å². The summed E-state index contributed by atoms with van der Waals surface area (Å²) >= 11 is 0. The van der Waals surface area contributed by atoms with Gasteiger partial charge in [0.05, 0.1) is 4.90 Å². The molecule has 0 aromatic heterocycles. The molecule has 4 heteroatoms. The lowest BCUT2D eigenvalue weighted by atomic mass is 10.0. The highest BCUT2D eigenvalue weighted by Gasteiger charge is 2.14. The van der Waals surface area contributed by atoms with Gasteiger partial charge in [-0.3, -0.25) is 4.72 Å². The molecule has 0 saturated carbocycles. The monoisotopic (exact) mass is 317 g/mol. The van der Waals surface area contributed by atoms with Crippen molar-refractivity contribution in [1.29, 1.82) is 0 Å². The molecule has 2 aromatic rings. The Morgan fingerprint density at radius 1 is 0.955 bits per heavy atom. The zero-order chi connectivity index (χ0) is 16.3. The lowest BCUT2D eigenvalue weighted by molar-refractivity contribution is 0.601. The highest BCUT2D eigenvalue weighted by Crippen LogP contribution is 2.20. The number of hydrogen-bond acceptors (Lipinski definition) is 2. The normalized spacial score (nSPS) is 11.7. The van der Waals surface area contributed by atoms with Gasteiger partial charge in [-0.1, -0.05) is 32.0 Å². The molecule has 0 bridgehead atoms. The van der Waals surface area contributed by atoms with E-state index in [1.807, 2.05) is 44.2 Å². The summed E-state index contributed by atoms with van der Waals surface area (Å²) in [7, 11) is -3.54. The Morgan fingerprint density at radius 2 is 1.50 bits per heavy atom. The summed E-state index contributed by atoms with van der Waals surface area (Å²) in [5.41, 5.74) is 3.82. The van der Waals surface area contributed by atoms with E-state index in [0.717, 1.165) is 23.1 Å². The third-order valence-corrected chi connectivity index (χ3v) is 4.75. The number of rotatable bonds is 5. The quantitative estimate of drug-likeness (QED) is 0.893. The molecule has 118 valence electrons. The van der Waals surface area contributed by atoms with E-state index < -0.39 is 10.0 Å². The van der Waals surface area contributed by atoms with Crippen LogP contribution in [0.25, 0.3) is 0 Å². The van der Waals surface area contributed by atoms with Crippen molar-refractivity contribution >= 4 is 15.7 Å². The van der Waals surface area contributed by atoms with Crippen LogP contribution in [0.1, 0.15) is 30.5 Å². The standard InChI is InChI=1S/C18H23NO2S/c1-13(2)9-16-5-7-18(8-6-16)22(20,21)19-17-11-14(3)10-15(4)12-17/h5-8,10-13,19H,9H2,1-4H3. The van der Waals surface area contributed by atoms with Gasteiger partial charge in [-0.15, -0.1) is 0 Å². The summed E-state index contributed by atoms with van der Waals surface area (Å²) in [4.78, 5) is 0.291. The molecule has 0 saturated heterocycles. The Kier molecular flexibility index (Phi) is 4.91. The van der Waals surface area contributed by atoms with Gasteiger partial charge in [-0.05, 0) is 67.1 Å². The van der Waals surface area contributed by atoms with Crippen LogP contribution < -0.4 is 4.72 Å². The lowest BCUT2D eigenvalue weighted by Gasteiger charge is -2.11. The van der Waals surface area contributed by atoms with Crippen molar-refractivity contribution in [2.75, 3.05) is 4.72 Å². The van der Waals surface area contributed by atoms with Crippen LogP contribution in [-0.4, -0.2) is 8.42 Å². The molecule has 0 aliphatic heterocycles. The van der Waals surface area contributed by atoms with Gasteiger partial charge in [-0.2, -0.15) is 0 Å². The second-order valence-corrected chi connectivity index (χ2v) is 7.91. The molecule has 0 atom stereocenters. The van der Waals surface area contributed by atoms with Crippen LogP contribution in [0, 0.1) is 19.8 Å². The van der Waals surface area contributed by atoms with Gasteiger partial charge < -0.3 is 0 Å². The number of benzene rings is 2. The van der Waals surface area contributed by atoms with Crippen LogP contribution in [0.5, 0.6) is 0 Å². The first-order chi connectivity index (χ1) is 10.3. The van der Waals surface area contributed by atoms with E-state index in [0.29, 0.717) is 16.5 Å². The van der Waals surface area contributed by atoms with Crippen LogP contribution in [0.3, 0.4) is 0 Å². The first-order valence-corrected chi connectivity index (χ1v) is 8.94. The molecule has 0 aliphatic carbocycles. The highest BCUT2D eigenvalue weighted by molar-refractivity contribution is 7.92. The fourth-order valence-corrected chi connectivity index (χ4v) is 3.56. The van der Waals surface area contributed by atoms with Crippen LogP contribution >= 0.6 is 0 Å². The van der Waals surface area contributed by atoms with Gasteiger partial charge >= 0.3 is 0 Å². The maximum Gasteiger partial charge on any atom is 0.261 e. The molecule has 0 heterocycles. The first-order valence-electron chi connectivity index (χ1n) is 7.46. The molecule has 0 fully saturated rings. The van der Waals surface area contributed by atoms with E-state index >= 15 is 0 Å². The Hall–Kier alpha value is -1.81. The number of nitrogens with one attached hydrogen (secondary N) is 1. The predicted molar refractivity (Wildman–Crippen MR) is 91.7 cm³/mol. The summed E-state index contributed by atoms with van der Waals surface area (Å²) in [5.74, 6) is 0.552. The van der Waals surface area contributed by atoms with Crippen LogP contribution in [0.15, 0.2) is 47.4 Å². The minimum absolute atomic E-state index is 0.291. The molecule has 0 amide bonds. The van der Waals surface area contributed by atoms with Gasteiger partial charge in [0, 0.05) is 5.69 Å². The van der Waals surface area contributed by atoms with Crippen molar-refractivity contribution in [3.8, 4) is 0 Å². The molecule has 0 radical (unpaired) electrons. The van der Waals surface area contributed by atoms with Crippen LogP contribution in [0.2, 0.25) is 0 Å². The number of sulfonamides is 1. The largest absolute Gasteiger partial charge is 0.280 e. The smallest absolute Gasteiger partial charge is 0.261 e. The highest BCUT2D eigenvalue weighted by atomic mass is 32.2. The van der Waals surface area contributed by atoms with Crippen molar-refractivity contribution in [2.24, 2.45) is 5.92 Å². The first kappa shape index (κ1) is 16.6. The van der Waals surface area contributed by atoms with Crippen LogP contribution in [-0.2, 0) is 16.4 Å². The molecule has 2 rings (SSSR count). The summed E-state index contributed by atoms with van der Waals surface area (Å²) in [6.07, 6.45) is 0.949. The average molecular weight is 317 g/mol. The van der Waals surface area contributed by atoms with Crippen LogP contribution in [0.4, 0.5) is 5.69 Å². The van der Waals surface area contributed by atoms with Crippen molar-refractivity contribution in [3.63, 3.8) is 0 Å². The Morgan fingerprint density at radius 3 is 2.00 bits per heavy atom. The van der Waals surface area contributed by atoms with Gasteiger partial charge in [0.25, 0.3) is 10.0 Å². The molecule has 3 nitrogen and oxygen atoms in total. The van der Waals surface area contributed by atoms with E-state index in [1.165, 1.54) is 0 Å². The molecule has 2 aromatic carbocycles. The third-order valence-electron chi connectivity index (χ3n) is 3.35. The minimum Gasteiger partial charge on any atom is -0.280 e. The van der Waals surface area contributed by atoms with Gasteiger partial charge in [0.2, 0.25) is 0 Å². The Balaban J connectivity index is 2.22. The summed E-state index contributed by atoms with van der Waals surface area (Å²) in [5, 5.41) is 0.